The van der Waals surface area contributed by atoms with E-state index in [4.69, 9.17) is 21.4 Å². The fraction of sp³-hybridized carbons (Fsp3) is 0.0435. The number of benzene rings is 3. The van der Waals surface area contributed by atoms with Crippen molar-refractivity contribution in [3.05, 3.63) is 100 Å². The highest BCUT2D eigenvalue weighted by Gasteiger charge is 2.05. The number of halogens is 1. The molecule has 28 heavy (non-hydrogen) atoms. The second kappa shape index (κ2) is 8.90. The van der Waals surface area contributed by atoms with Crippen LogP contribution in [0.2, 0.25) is 5.02 Å². The Hall–Kier alpha value is -3.55. The smallest absolute Gasteiger partial charge is 0.335 e. The number of hydrogen-bond donors (Lipinski definition) is 1. The second-order valence-corrected chi connectivity index (χ2v) is 6.48. The van der Waals surface area contributed by atoms with Gasteiger partial charge in [0.05, 0.1) is 17.2 Å². The SMILES string of the molecule is N#C/C(=C\c1ccc(OCc2cccc(C(=O)O)c2)cc1)c1cccc(Cl)c1. The zero-order chi connectivity index (χ0) is 19.9. The third kappa shape index (κ3) is 5.00. The van der Waals surface area contributed by atoms with Gasteiger partial charge in [0.2, 0.25) is 0 Å². The predicted octanol–water partition coefficient (Wildman–Crippen LogP) is 5.68. The van der Waals surface area contributed by atoms with Gasteiger partial charge in [0.1, 0.15) is 12.4 Å². The van der Waals surface area contributed by atoms with Gasteiger partial charge in [-0.05, 0) is 59.2 Å². The Balaban J connectivity index is 1.70. The Bertz CT molecular complexity index is 1070. The maximum atomic E-state index is 11.0. The van der Waals surface area contributed by atoms with Crippen LogP contribution in [0.3, 0.4) is 0 Å². The van der Waals surface area contributed by atoms with E-state index in [0.29, 0.717) is 16.3 Å². The van der Waals surface area contributed by atoms with Crippen LogP contribution >= 0.6 is 11.6 Å². The minimum Gasteiger partial charge on any atom is -0.489 e. The molecule has 0 spiro atoms. The monoisotopic (exact) mass is 389 g/mol. The summed E-state index contributed by atoms with van der Waals surface area (Å²) in [4.78, 5) is 11.0. The summed E-state index contributed by atoms with van der Waals surface area (Å²) >= 11 is 6.00. The lowest BCUT2D eigenvalue weighted by Gasteiger charge is -2.07. The molecule has 0 heterocycles. The number of hydrogen-bond acceptors (Lipinski definition) is 3. The van der Waals surface area contributed by atoms with Gasteiger partial charge in [0.15, 0.2) is 0 Å². The number of nitrogens with zero attached hydrogens (tertiary/aromatic N) is 1. The number of carbonyl (C=O) groups is 1. The van der Waals surface area contributed by atoms with Crippen molar-refractivity contribution < 1.29 is 14.6 Å². The standard InChI is InChI=1S/C23H16ClNO3/c24-21-6-2-4-18(13-21)20(14-25)11-16-7-9-22(10-8-16)28-15-17-3-1-5-19(12-17)23(26)27/h1-13H,15H2,(H,26,27)/b20-11+. The van der Waals surface area contributed by atoms with Crippen LogP contribution in [-0.4, -0.2) is 11.1 Å². The number of ether oxygens (including phenoxy) is 1. The summed E-state index contributed by atoms with van der Waals surface area (Å²) in [6, 6.07) is 23.3. The Morgan fingerprint density at radius 3 is 2.43 bits per heavy atom. The molecule has 4 nitrogen and oxygen atoms in total. The number of nitriles is 1. The van der Waals surface area contributed by atoms with Crippen LogP contribution in [0, 0.1) is 11.3 Å². The van der Waals surface area contributed by atoms with Gasteiger partial charge in [-0.1, -0.05) is 48.0 Å². The summed E-state index contributed by atoms with van der Waals surface area (Å²) < 4.78 is 5.72. The van der Waals surface area contributed by atoms with E-state index in [9.17, 15) is 10.1 Å². The molecule has 0 saturated carbocycles. The first kappa shape index (κ1) is 19.2. The van der Waals surface area contributed by atoms with Crippen molar-refractivity contribution in [2.45, 2.75) is 6.61 Å². The average Bonchev–Trinajstić information content (AvgIpc) is 2.71. The molecule has 0 radical (unpaired) electrons. The molecule has 0 aromatic heterocycles. The topological polar surface area (TPSA) is 70.3 Å². The van der Waals surface area contributed by atoms with Gasteiger partial charge in [-0.15, -0.1) is 0 Å². The molecule has 0 aliphatic carbocycles. The van der Waals surface area contributed by atoms with Crippen LogP contribution in [0.5, 0.6) is 5.75 Å². The minimum atomic E-state index is -0.967. The lowest BCUT2D eigenvalue weighted by atomic mass is 10.0. The molecule has 5 heteroatoms. The van der Waals surface area contributed by atoms with Gasteiger partial charge in [-0.3, -0.25) is 0 Å². The molecule has 3 rings (SSSR count). The summed E-state index contributed by atoms with van der Waals surface area (Å²) in [6.07, 6.45) is 1.78. The molecule has 138 valence electrons. The maximum absolute atomic E-state index is 11.0. The number of carboxylic acids is 1. The summed E-state index contributed by atoms with van der Waals surface area (Å²) in [5.74, 6) is -0.315. The highest BCUT2D eigenvalue weighted by Crippen LogP contribution is 2.22. The van der Waals surface area contributed by atoms with Crippen molar-refractivity contribution >= 4 is 29.2 Å². The van der Waals surface area contributed by atoms with E-state index in [1.54, 1.807) is 54.6 Å². The van der Waals surface area contributed by atoms with Crippen LogP contribution in [0.4, 0.5) is 0 Å². The van der Waals surface area contributed by atoms with E-state index in [0.717, 1.165) is 16.7 Å². The largest absolute Gasteiger partial charge is 0.489 e. The van der Waals surface area contributed by atoms with E-state index in [-0.39, 0.29) is 12.2 Å². The molecule has 0 fully saturated rings. The van der Waals surface area contributed by atoms with Crippen LogP contribution < -0.4 is 4.74 Å². The normalized spacial score (nSPS) is 10.9. The van der Waals surface area contributed by atoms with Crippen LogP contribution in [0.25, 0.3) is 11.6 Å². The zero-order valence-electron chi connectivity index (χ0n) is 14.8. The fourth-order valence-corrected chi connectivity index (χ4v) is 2.81. The molecule has 1 N–H and O–H groups in total. The molecular weight excluding hydrogens is 374 g/mol. The van der Waals surface area contributed by atoms with Gasteiger partial charge < -0.3 is 9.84 Å². The van der Waals surface area contributed by atoms with Crippen molar-refractivity contribution in [1.29, 1.82) is 5.26 Å². The molecule has 3 aromatic rings. The van der Waals surface area contributed by atoms with Crippen LogP contribution in [0.15, 0.2) is 72.8 Å². The maximum Gasteiger partial charge on any atom is 0.335 e. The van der Waals surface area contributed by atoms with Crippen molar-refractivity contribution in [2.24, 2.45) is 0 Å². The Morgan fingerprint density at radius 1 is 1.04 bits per heavy atom. The number of allylic oxidation sites excluding steroid dienone is 1. The van der Waals surface area contributed by atoms with Gasteiger partial charge in [-0.25, -0.2) is 4.79 Å². The molecular formula is C23H16ClNO3. The first-order valence-corrected chi connectivity index (χ1v) is 8.86. The van der Waals surface area contributed by atoms with Crippen LogP contribution in [-0.2, 0) is 6.61 Å². The zero-order valence-corrected chi connectivity index (χ0v) is 15.6. The van der Waals surface area contributed by atoms with Crippen LogP contribution in [0.1, 0.15) is 27.0 Å². The van der Waals surface area contributed by atoms with Gasteiger partial charge >= 0.3 is 5.97 Å². The van der Waals surface area contributed by atoms with E-state index in [1.807, 2.05) is 24.3 Å². The van der Waals surface area contributed by atoms with E-state index in [1.165, 1.54) is 0 Å². The summed E-state index contributed by atoms with van der Waals surface area (Å²) in [5, 5.41) is 19.0. The Labute approximate surface area is 167 Å². The molecule has 0 unspecified atom stereocenters. The fourth-order valence-electron chi connectivity index (χ4n) is 2.62. The third-order valence-corrected chi connectivity index (χ3v) is 4.26. The molecule has 3 aromatic carbocycles. The molecule has 0 saturated heterocycles. The Morgan fingerprint density at radius 2 is 1.75 bits per heavy atom. The van der Waals surface area contributed by atoms with Gasteiger partial charge in [0, 0.05) is 5.02 Å². The van der Waals surface area contributed by atoms with E-state index >= 15 is 0 Å². The van der Waals surface area contributed by atoms with E-state index < -0.39 is 5.97 Å². The summed E-state index contributed by atoms with van der Waals surface area (Å²) in [7, 11) is 0. The van der Waals surface area contributed by atoms with Crippen molar-refractivity contribution in [2.75, 3.05) is 0 Å². The lowest BCUT2D eigenvalue weighted by Crippen LogP contribution is -2.00. The molecule has 0 aliphatic heterocycles. The quantitative estimate of drug-likeness (QED) is 0.434. The highest BCUT2D eigenvalue weighted by atomic mass is 35.5. The molecule has 0 aliphatic rings. The number of aromatic carboxylic acids is 1. The van der Waals surface area contributed by atoms with Crippen molar-refractivity contribution in [1.82, 2.24) is 0 Å². The summed E-state index contributed by atoms with van der Waals surface area (Å²) in [5.41, 5.74) is 3.13. The number of rotatable bonds is 6. The average molecular weight is 390 g/mol. The molecule has 0 bridgehead atoms. The lowest BCUT2D eigenvalue weighted by molar-refractivity contribution is 0.0696. The molecule has 0 amide bonds. The van der Waals surface area contributed by atoms with E-state index in [2.05, 4.69) is 6.07 Å². The van der Waals surface area contributed by atoms with Gasteiger partial charge in [0.25, 0.3) is 0 Å². The first-order valence-electron chi connectivity index (χ1n) is 8.48. The molecule has 0 atom stereocenters. The number of carboxylic acid groups (broad SMARTS) is 1. The highest BCUT2D eigenvalue weighted by molar-refractivity contribution is 6.30. The first-order chi connectivity index (χ1) is 13.5. The minimum absolute atomic E-state index is 0.228. The predicted molar refractivity (Wildman–Crippen MR) is 109 cm³/mol. The second-order valence-electron chi connectivity index (χ2n) is 6.04. The van der Waals surface area contributed by atoms with Gasteiger partial charge in [-0.2, -0.15) is 5.26 Å². The summed E-state index contributed by atoms with van der Waals surface area (Å²) in [6.45, 7) is 0.266. The third-order valence-electron chi connectivity index (χ3n) is 4.03. The Kier molecular flexibility index (Phi) is 6.11. The van der Waals surface area contributed by atoms with Crippen molar-refractivity contribution in [3.63, 3.8) is 0 Å². The van der Waals surface area contributed by atoms with Crippen molar-refractivity contribution in [3.8, 4) is 11.8 Å².